The van der Waals surface area contributed by atoms with E-state index in [-0.39, 0.29) is 5.69 Å². The summed E-state index contributed by atoms with van der Waals surface area (Å²) in [5.74, 6) is -0.473. The summed E-state index contributed by atoms with van der Waals surface area (Å²) in [7, 11) is 5.50. The SMILES string of the molecule is CN(C)CCNC(=O)c1nn(C)c2ccc(Cl)cc2c1=O. The van der Waals surface area contributed by atoms with Crippen LogP contribution in [0.2, 0.25) is 5.02 Å². The molecule has 0 spiro atoms. The van der Waals surface area contributed by atoms with E-state index in [0.29, 0.717) is 29.0 Å². The van der Waals surface area contributed by atoms with Crippen LogP contribution in [0.3, 0.4) is 0 Å². The minimum absolute atomic E-state index is 0.119. The molecule has 112 valence electrons. The number of rotatable bonds is 4. The topological polar surface area (TPSA) is 67.2 Å². The fraction of sp³-hybridized carbons (Fsp3) is 0.357. The van der Waals surface area contributed by atoms with Gasteiger partial charge in [0.2, 0.25) is 5.43 Å². The predicted molar refractivity (Wildman–Crippen MR) is 82.9 cm³/mol. The van der Waals surface area contributed by atoms with Crippen molar-refractivity contribution in [3.05, 3.63) is 39.1 Å². The number of nitrogens with zero attached hydrogens (tertiary/aromatic N) is 3. The number of aryl methyl sites for hydroxylation is 1. The summed E-state index contributed by atoms with van der Waals surface area (Å²) >= 11 is 5.92. The van der Waals surface area contributed by atoms with Gasteiger partial charge in [-0.3, -0.25) is 14.3 Å². The number of amides is 1. The zero-order valence-electron chi connectivity index (χ0n) is 12.2. The van der Waals surface area contributed by atoms with E-state index in [1.807, 2.05) is 19.0 Å². The van der Waals surface area contributed by atoms with Crippen LogP contribution in [0, 0.1) is 0 Å². The molecule has 0 bridgehead atoms. The maximum absolute atomic E-state index is 12.4. The van der Waals surface area contributed by atoms with Gasteiger partial charge in [0.25, 0.3) is 5.91 Å². The Hall–Kier alpha value is -1.92. The van der Waals surface area contributed by atoms with Gasteiger partial charge in [0.05, 0.1) is 10.9 Å². The minimum Gasteiger partial charge on any atom is -0.349 e. The van der Waals surface area contributed by atoms with E-state index in [0.717, 1.165) is 0 Å². The van der Waals surface area contributed by atoms with Crippen molar-refractivity contribution in [2.75, 3.05) is 27.2 Å². The lowest BCUT2D eigenvalue weighted by Gasteiger charge is -2.11. The Bertz CT molecular complexity index is 740. The number of aromatic nitrogens is 2. The van der Waals surface area contributed by atoms with E-state index < -0.39 is 11.3 Å². The molecule has 2 rings (SSSR count). The summed E-state index contributed by atoms with van der Waals surface area (Å²) in [6.07, 6.45) is 0. The maximum atomic E-state index is 12.4. The normalized spacial score (nSPS) is 11.1. The molecule has 0 fully saturated rings. The van der Waals surface area contributed by atoms with Crippen LogP contribution in [0.15, 0.2) is 23.0 Å². The Morgan fingerprint density at radius 3 is 2.81 bits per heavy atom. The van der Waals surface area contributed by atoms with E-state index in [1.54, 1.807) is 25.2 Å². The fourth-order valence-electron chi connectivity index (χ4n) is 1.97. The highest BCUT2D eigenvalue weighted by Gasteiger charge is 2.16. The third-order valence-electron chi connectivity index (χ3n) is 3.08. The molecule has 0 radical (unpaired) electrons. The van der Waals surface area contributed by atoms with Crippen LogP contribution < -0.4 is 10.7 Å². The van der Waals surface area contributed by atoms with Gasteiger partial charge in [0.1, 0.15) is 0 Å². The Morgan fingerprint density at radius 1 is 1.43 bits per heavy atom. The molecule has 0 aliphatic carbocycles. The molecule has 0 saturated carbocycles. The fourth-order valence-corrected chi connectivity index (χ4v) is 2.15. The zero-order chi connectivity index (χ0) is 15.6. The van der Waals surface area contributed by atoms with Gasteiger partial charge in [-0.1, -0.05) is 11.6 Å². The second-order valence-electron chi connectivity index (χ2n) is 5.02. The quantitative estimate of drug-likeness (QED) is 0.910. The Balaban J connectivity index is 2.38. The first-order chi connectivity index (χ1) is 9.90. The molecule has 1 aromatic carbocycles. The molecule has 2 aromatic rings. The predicted octanol–water partition coefficient (Wildman–Crippen LogP) is 0.878. The molecule has 0 aliphatic rings. The highest BCUT2D eigenvalue weighted by molar-refractivity contribution is 6.31. The molecular formula is C14H17ClN4O2. The lowest BCUT2D eigenvalue weighted by atomic mass is 10.2. The standard InChI is InChI=1S/C14H17ClN4O2/c1-18(2)7-6-16-14(21)12-13(20)10-8-9(15)4-5-11(10)19(3)17-12/h4-5,8H,6-7H2,1-3H3,(H,16,21). The number of hydrogen-bond acceptors (Lipinski definition) is 4. The number of halogens is 1. The second-order valence-corrected chi connectivity index (χ2v) is 5.46. The van der Waals surface area contributed by atoms with E-state index in [1.165, 1.54) is 4.68 Å². The van der Waals surface area contributed by atoms with Gasteiger partial charge in [0, 0.05) is 25.2 Å². The Morgan fingerprint density at radius 2 is 2.14 bits per heavy atom. The van der Waals surface area contributed by atoms with Gasteiger partial charge >= 0.3 is 0 Å². The molecule has 0 aliphatic heterocycles. The molecular weight excluding hydrogens is 292 g/mol. The van der Waals surface area contributed by atoms with E-state index in [2.05, 4.69) is 10.4 Å². The third kappa shape index (κ3) is 3.40. The van der Waals surface area contributed by atoms with Crippen molar-refractivity contribution in [3.63, 3.8) is 0 Å². The van der Waals surface area contributed by atoms with Crippen molar-refractivity contribution in [1.82, 2.24) is 20.0 Å². The smallest absolute Gasteiger partial charge is 0.275 e. The van der Waals surface area contributed by atoms with E-state index >= 15 is 0 Å². The first-order valence-electron chi connectivity index (χ1n) is 6.49. The average molecular weight is 309 g/mol. The van der Waals surface area contributed by atoms with Crippen LogP contribution >= 0.6 is 11.6 Å². The summed E-state index contributed by atoms with van der Waals surface area (Å²) in [6.45, 7) is 1.13. The van der Waals surface area contributed by atoms with Crippen LogP contribution in [-0.2, 0) is 7.05 Å². The number of fused-ring (bicyclic) bond motifs is 1. The molecule has 1 heterocycles. The summed E-state index contributed by atoms with van der Waals surface area (Å²) in [6, 6.07) is 4.94. The zero-order valence-corrected chi connectivity index (χ0v) is 12.9. The van der Waals surface area contributed by atoms with Crippen LogP contribution in [0.4, 0.5) is 0 Å². The van der Waals surface area contributed by atoms with Crippen LogP contribution in [-0.4, -0.2) is 47.8 Å². The van der Waals surface area contributed by atoms with Crippen molar-refractivity contribution in [2.24, 2.45) is 7.05 Å². The van der Waals surface area contributed by atoms with Crippen molar-refractivity contribution in [3.8, 4) is 0 Å². The molecule has 0 saturated heterocycles. The molecule has 0 unspecified atom stereocenters. The first kappa shape index (κ1) is 15.5. The van der Waals surface area contributed by atoms with Gasteiger partial charge < -0.3 is 10.2 Å². The van der Waals surface area contributed by atoms with Crippen molar-refractivity contribution in [1.29, 1.82) is 0 Å². The summed E-state index contributed by atoms with van der Waals surface area (Å²) in [4.78, 5) is 26.4. The number of nitrogens with one attached hydrogen (secondary N) is 1. The second kappa shape index (κ2) is 6.24. The number of carbonyl (C=O) groups excluding carboxylic acids is 1. The average Bonchev–Trinajstić information content (AvgIpc) is 2.42. The van der Waals surface area contributed by atoms with Crippen molar-refractivity contribution >= 4 is 28.4 Å². The van der Waals surface area contributed by atoms with Crippen LogP contribution in [0.5, 0.6) is 0 Å². The lowest BCUT2D eigenvalue weighted by molar-refractivity contribution is 0.0943. The highest BCUT2D eigenvalue weighted by Crippen LogP contribution is 2.15. The molecule has 7 heteroatoms. The number of benzene rings is 1. The molecule has 1 aromatic heterocycles. The molecule has 0 atom stereocenters. The van der Waals surface area contributed by atoms with E-state index in [4.69, 9.17) is 11.6 Å². The third-order valence-corrected chi connectivity index (χ3v) is 3.31. The first-order valence-corrected chi connectivity index (χ1v) is 6.87. The Kier molecular flexibility index (Phi) is 4.59. The molecule has 21 heavy (non-hydrogen) atoms. The van der Waals surface area contributed by atoms with Gasteiger partial charge in [-0.15, -0.1) is 0 Å². The summed E-state index contributed by atoms with van der Waals surface area (Å²) < 4.78 is 1.51. The van der Waals surface area contributed by atoms with Gasteiger partial charge in [0.15, 0.2) is 5.69 Å². The monoisotopic (exact) mass is 308 g/mol. The molecule has 6 nitrogen and oxygen atoms in total. The van der Waals surface area contributed by atoms with Gasteiger partial charge in [-0.05, 0) is 32.3 Å². The van der Waals surface area contributed by atoms with Crippen molar-refractivity contribution < 1.29 is 4.79 Å². The van der Waals surface area contributed by atoms with Crippen LogP contribution in [0.1, 0.15) is 10.5 Å². The molecule has 1 N–H and O–H groups in total. The summed E-state index contributed by atoms with van der Waals surface area (Å²) in [5.41, 5.74) is 0.105. The molecule has 1 amide bonds. The maximum Gasteiger partial charge on any atom is 0.275 e. The number of likely N-dealkylation sites (N-methyl/N-ethyl adjacent to an activating group) is 1. The van der Waals surface area contributed by atoms with Gasteiger partial charge in [-0.2, -0.15) is 5.10 Å². The largest absolute Gasteiger partial charge is 0.349 e. The Labute approximate surface area is 127 Å². The summed E-state index contributed by atoms with van der Waals surface area (Å²) in [5, 5.41) is 7.59. The highest BCUT2D eigenvalue weighted by atomic mass is 35.5. The van der Waals surface area contributed by atoms with E-state index in [9.17, 15) is 9.59 Å². The number of hydrogen-bond donors (Lipinski definition) is 1. The number of carbonyl (C=O) groups is 1. The van der Waals surface area contributed by atoms with Crippen LogP contribution in [0.25, 0.3) is 10.9 Å². The minimum atomic E-state index is -0.473. The van der Waals surface area contributed by atoms with Gasteiger partial charge in [-0.25, -0.2) is 0 Å². The lowest BCUT2D eigenvalue weighted by Crippen LogP contribution is -2.35. The van der Waals surface area contributed by atoms with Crippen molar-refractivity contribution in [2.45, 2.75) is 0 Å².